The third-order valence-electron chi connectivity index (χ3n) is 2.32. The van der Waals surface area contributed by atoms with E-state index in [0.717, 1.165) is 25.7 Å². The van der Waals surface area contributed by atoms with Crippen LogP contribution in [0.15, 0.2) is 0 Å². The van der Waals surface area contributed by atoms with Crippen LogP contribution in [0.4, 0.5) is 0 Å². The Morgan fingerprint density at radius 1 is 1.42 bits per heavy atom. The maximum Gasteiger partial charge on any atom is 0.0589 e. The number of aliphatic hydroxyl groups is 1. The van der Waals surface area contributed by atoms with E-state index in [9.17, 15) is 0 Å². The van der Waals surface area contributed by atoms with Crippen molar-refractivity contribution in [3.63, 3.8) is 0 Å². The van der Waals surface area contributed by atoms with Crippen LogP contribution in [0.2, 0.25) is 0 Å². The number of rotatable bonds is 4. The maximum atomic E-state index is 8.54. The topological polar surface area (TPSA) is 55.5 Å². The van der Waals surface area contributed by atoms with Crippen LogP contribution < -0.4 is 5.73 Å². The van der Waals surface area contributed by atoms with Gasteiger partial charge in [-0.1, -0.05) is 0 Å². The molecule has 0 saturated heterocycles. The van der Waals surface area contributed by atoms with Crippen molar-refractivity contribution in [2.45, 2.75) is 44.2 Å². The molecule has 1 fully saturated rings. The van der Waals surface area contributed by atoms with Crippen LogP contribution in [-0.4, -0.2) is 30.5 Å². The fourth-order valence-corrected chi connectivity index (χ4v) is 1.65. The van der Waals surface area contributed by atoms with Crippen LogP contribution in [0.5, 0.6) is 0 Å². The molecule has 3 heteroatoms. The highest BCUT2D eigenvalue weighted by Gasteiger charge is 2.18. The Labute approximate surface area is 73.9 Å². The highest BCUT2D eigenvalue weighted by molar-refractivity contribution is 4.75. The quantitative estimate of drug-likeness (QED) is 0.614. The summed E-state index contributed by atoms with van der Waals surface area (Å²) < 4.78 is 5.55. The third-order valence-corrected chi connectivity index (χ3v) is 2.32. The van der Waals surface area contributed by atoms with Crippen molar-refractivity contribution in [1.29, 1.82) is 0 Å². The van der Waals surface area contributed by atoms with Gasteiger partial charge in [0.25, 0.3) is 0 Å². The van der Waals surface area contributed by atoms with Crippen LogP contribution >= 0.6 is 0 Å². The molecule has 3 nitrogen and oxygen atoms in total. The maximum absolute atomic E-state index is 8.54. The average Bonchev–Trinajstić information content (AvgIpc) is 2.05. The van der Waals surface area contributed by atoms with Crippen LogP contribution in [0, 0.1) is 0 Å². The number of hydrogen-bond acceptors (Lipinski definition) is 3. The minimum Gasteiger partial charge on any atom is -0.396 e. The Morgan fingerprint density at radius 3 is 2.92 bits per heavy atom. The van der Waals surface area contributed by atoms with E-state index < -0.39 is 0 Å². The molecule has 0 bridgehead atoms. The van der Waals surface area contributed by atoms with E-state index in [1.807, 2.05) is 0 Å². The van der Waals surface area contributed by atoms with Gasteiger partial charge in [0.1, 0.15) is 0 Å². The van der Waals surface area contributed by atoms with Gasteiger partial charge in [0.15, 0.2) is 0 Å². The Morgan fingerprint density at radius 2 is 2.25 bits per heavy atom. The van der Waals surface area contributed by atoms with Gasteiger partial charge in [-0.05, 0) is 32.1 Å². The summed E-state index contributed by atoms with van der Waals surface area (Å²) in [4.78, 5) is 0. The molecule has 72 valence electrons. The zero-order valence-corrected chi connectivity index (χ0v) is 7.54. The largest absolute Gasteiger partial charge is 0.396 e. The summed E-state index contributed by atoms with van der Waals surface area (Å²) in [5, 5.41) is 8.54. The summed E-state index contributed by atoms with van der Waals surface area (Å²) >= 11 is 0. The summed E-state index contributed by atoms with van der Waals surface area (Å²) in [6, 6.07) is 0.331. The minimum atomic E-state index is 0.221. The second kappa shape index (κ2) is 5.51. The van der Waals surface area contributed by atoms with Crippen molar-refractivity contribution in [2.24, 2.45) is 5.73 Å². The molecular formula is C9H19NO2. The second-order valence-corrected chi connectivity index (χ2v) is 3.50. The van der Waals surface area contributed by atoms with Gasteiger partial charge in [0, 0.05) is 19.3 Å². The summed E-state index contributed by atoms with van der Waals surface area (Å²) in [6.45, 7) is 0.895. The predicted octanol–water partition coefficient (Wildman–Crippen LogP) is 0.655. The van der Waals surface area contributed by atoms with Crippen LogP contribution in [-0.2, 0) is 4.74 Å². The lowest BCUT2D eigenvalue weighted by Crippen LogP contribution is -2.32. The van der Waals surface area contributed by atoms with Gasteiger partial charge in [0.2, 0.25) is 0 Å². The molecule has 0 radical (unpaired) electrons. The molecule has 3 N–H and O–H groups in total. The molecule has 1 rings (SSSR count). The fraction of sp³-hybridized carbons (Fsp3) is 1.00. The average molecular weight is 173 g/mol. The monoisotopic (exact) mass is 173 g/mol. The van der Waals surface area contributed by atoms with E-state index in [1.165, 1.54) is 6.42 Å². The molecule has 1 aliphatic rings. The molecule has 1 aliphatic carbocycles. The summed E-state index contributed by atoms with van der Waals surface area (Å²) in [7, 11) is 0. The van der Waals surface area contributed by atoms with Crippen LogP contribution in [0.25, 0.3) is 0 Å². The van der Waals surface area contributed by atoms with Crippen molar-refractivity contribution in [3.05, 3.63) is 0 Å². The van der Waals surface area contributed by atoms with E-state index in [2.05, 4.69) is 0 Å². The van der Waals surface area contributed by atoms with Crippen molar-refractivity contribution >= 4 is 0 Å². The van der Waals surface area contributed by atoms with Crippen LogP contribution in [0.1, 0.15) is 32.1 Å². The highest BCUT2D eigenvalue weighted by Crippen LogP contribution is 2.19. The van der Waals surface area contributed by atoms with Gasteiger partial charge in [-0.3, -0.25) is 0 Å². The number of hydrogen-bond donors (Lipinski definition) is 2. The fourth-order valence-electron chi connectivity index (χ4n) is 1.65. The smallest absolute Gasteiger partial charge is 0.0589 e. The first-order valence-corrected chi connectivity index (χ1v) is 4.81. The molecule has 0 aromatic rings. The lowest BCUT2D eigenvalue weighted by atomic mass is 9.94. The molecule has 1 saturated carbocycles. The molecular weight excluding hydrogens is 154 g/mol. The lowest BCUT2D eigenvalue weighted by molar-refractivity contribution is 0.0169. The standard InChI is InChI=1S/C9H19NO2/c10-8-3-1-4-9(7-8)12-6-2-5-11/h8-9,11H,1-7,10H2. The van der Waals surface area contributed by atoms with E-state index in [4.69, 9.17) is 15.6 Å². The first-order chi connectivity index (χ1) is 5.83. The Balaban J connectivity index is 2.06. The Hall–Kier alpha value is -0.120. The molecule has 0 heterocycles. The number of aliphatic hydroxyl groups excluding tert-OH is 1. The zero-order chi connectivity index (χ0) is 8.81. The van der Waals surface area contributed by atoms with E-state index in [-0.39, 0.29) is 6.61 Å². The lowest BCUT2D eigenvalue weighted by Gasteiger charge is -2.26. The normalized spacial score (nSPS) is 30.5. The molecule has 2 atom stereocenters. The number of ether oxygens (including phenoxy) is 1. The summed E-state index contributed by atoms with van der Waals surface area (Å²) in [5.41, 5.74) is 5.80. The third kappa shape index (κ3) is 3.52. The summed E-state index contributed by atoms with van der Waals surface area (Å²) in [6.07, 6.45) is 5.54. The Bertz CT molecular complexity index is 119. The van der Waals surface area contributed by atoms with Gasteiger partial charge in [-0.15, -0.1) is 0 Å². The molecule has 2 unspecified atom stereocenters. The molecule has 0 aliphatic heterocycles. The van der Waals surface area contributed by atoms with Crippen molar-refractivity contribution < 1.29 is 9.84 Å². The first-order valence-electron chi connectivity index (χ1n) is 4.81. The van der Waals surface area contributed by atoms with Crippen molar-refractivity contribution in [1.82, 2.24) is 0 Å². The van der Waals surface area contributed by atoms with Crippen molar-refractivity contribution in [2.75, 3.05) is 13.2 Å². The Kier molecular flexibility index (Phi) is 4.58. The van der Waals surface area contributed by atoms with Gasteiger partial charge in [0.05, 0.1) is 6.10 Å². The SMILES string of the molecule is NC1CCCC(OCCCO)C1. The molecule has 0 spiro atoms. The van der Waals surface area contributed by atoms with E-state index in [1.54, 1.807) is 0 Å². The molecule has 0 amide bonds. The number of nitrogens with two attached hydrogens (primary N) is 1. The molecule has 0 aromatic heterocycles. The second-order valence-electron chi connectivity index (χ2n) is 3.50. The predicted molar refractivity (Wildman–Crippen MR) is 47.9 cm³/mol. The molecule has 0 aromatic carbocycles. The van der Waals surface area contributed by atoms with Gasteiger partial charge >= 0.3 is 0 Å². The first kappa shape index (κ1) is 9.96. The van der Waals surface area contributed by atoms with Gasteiger partial charge < -0.3 is 15.6 Å². The van der Waals surface area contributed by atoms with Gasteiger partial charge in [-0.2, -0.15) is 0 Å². The highest BCUT2D eigenvalue weighted by atomic mass is 16.5. The van der Waals surface area contributed by atoms with Gasteiger partial charge in [-0.25, -0.2) is 0 Å². The van der Waals surface area contributed by atoms with Crippen molar-refractivity contribution in [3.8, 4) is 0 Å². The zero-order valence-electron chi connectivity index (χ0n) is 7.54. The summed E-state index contributed by atoms with van der Waals surface area (Å²) in [5.74, 6) is 0. The minimum absolute atomic E-state index is 0.221. The van der Waals surface area contributed by atoms with Crippen LogP contribution in [0.3, 0.4) is 0 Å². The molecule has 12 heavy (non-hydrogen) atoms. The van der Waals surface area contributed by atoms with E-state index >= 15 is 0 Å². The van der Waals surface area contributed by atoms with E-state index in [0.29, 0.717) is 18.8 Å².